The lowest BCUT2D eigenvalue weighted by atomic mass is 10.0. The second kappa shape index (κ2) is 5.66. The van der Waals surface area contributed by atoms with Crippen molar-refractivity contribution in [2.45, 2.75) is 6.42 Å². The lowest BCUT2D eigenvalue weighted by molar-refractivity contribution is 0.0993. The van der Waals surface area contributed by atoms with Crippen LogP contribution >= 0.6 is 22.6 Å². The number of rotatable bonds is 3. The SMILES string of the molecule is O=C(Cc1ccc(I)cc1)c1ccc2nccnc2c1. The van der Waals surface area contributed by atoms with Gasteiger partial charge in [0.05, 0.1) is 11.0 Å². The van der Waals surface area contributed by atoms with Gasteiger partial charge >= 0.3 is 0 Å². The van der Waals surface area contributed by atoms with Crippen molar-refractivity contribution in [3.05, 3.63) is 69.6 Å². The normalized spacial score (nSPS) is 10.7. The maximum absolute atomic E-state index is 12.3. The van der Waals surface area contributed by atoms with E-state index >= 15 is 0 Å². The first-order valence-electron chi connectivity index (χ1n) is 6.21. The molecule has 3 aromatic rings. The Hall–Kier alpha value is -1.82. The predicted octanol–water partition coefficient (Wildman–Crippen LogP) is 3.66. The van der Waals surface area contributed by atoms with E-state index in [1.165, 1.54) is 3.57 Å². The van der Waals surface area contributed by atoms with Crippen molar-refractivity contribution in [3.8, 4) is 0 Å². The number of carbonyl (C=O) groups excluding carboxylic acids is 1. The average Bonchev–Trinajstić information content (AvgIpc) is 2.49. The third-order valence-corrected chi connectivity index (χ3v) is 3.79. The van der Waals surface area contributed by atoms with Crippen molar-refractivity contribution < 1.29 is 4.79 Å². The van der Waals surface area contributed by atoms with E-state index in [-0.39, 0.29) is 5.78 Å². The zero-order valence-electron chi connectivity index (χ0n) is 10.6. The van der Waals surface area contributed by atoms with Crippen LogP contribution in [0.4, 0.5) is 0 Å². The molecule has 20 heavy (non-hydrogen) atoms. The Morgan fingerprint density at radius 3 is 2.40 bits per heavy atom. The van der Waals surface area contributed by atoms with Crippen LogP contribution in [0.1, 0.15) is 15.9 Å². The van der Waals surface area contributed by atoms with Crippen LogP contribution in [-0.2, 0) is 6.42 Å². The van der Waals surface area contributed by atoms with Crippen molar-refractivity contribution >= 4 is 39.4 Å². The van der Waals surface area contributed by atoms with Gasteiger partial charge in [0, 0.05) is 27.9 Å². The summed E-state index contributed by atoms with van der Waals surface area (Å²) < 4.78 is 1.17. The molecule has 0 fully saturated rings. The average molecular weight is 374 g/mol. The number of Topliss-reactive ketones (excluding diaryl/α,β-unsaturated/α-hetero) is 1. The fourth-order valence-corrected chi connectivity index (χ4v) is 2.39. The second-order valence-electron chi connectivity index (χ2n) is 4.49. The molecule has 0 saturated heterocycles. The van der Waals surface area contributed by atoms with Gasteiger partial charge in [-0.3, -0.25) is 14.8 Å². The van der Waals surface area contributed by atoms with Gasteiger partial charge in [-0.05, 0) is 58.5 Å². The van der Waals surface area contributed by atoms with Gasteiger partial charge in [0.2, 0.25) is 0 Å². The summed E-state index contributed by atoms with van der Waals surface area (Å²) in [6.07, 6.45) is 3.69. The maximum Gasteiger partial charge on any atom is 0.167 e. The van der Waals surface area contributed by atoms with Gasteiger partial charge in [-0.15, -0.1) is 0 Å². The van der Waals surface area contributed by atoms with E-state index in [4.69, 9.17) is 0 Å². The second-order valence-corrected chi connectivity index (χ2v) is 5.73. The smallest absolute Gasteiger partial charge is 0.167 e. The van der Waals surface area contributed by atoms with E-state index in [0.29, 0.717) is 12.0 Å². The summed E-state index contributed by atoms with van der Waals surface area (Å²) in [7, 11) is 0. The molecule has 0 bridgehead atoms. The molecule has 0 N–H and O–H groups in total. The molecule has 0 radical (unpaired) electrons. The number of hydrogen-bond acceptors (Lipinski definition) is 3. The Bertz CT molecular complexity index is 769. The van der Waals surface area contributed by atoms with Crippen LogP contribution in [0.3, 0.4) is 0 Å². The molecule has 98 valence electrons. The van der Waals surface area contributed by atoms with Gasteiger partial charge in [-0.1, -0.05) is 12.1 Å². The molecule has 0 atom stereocenters. The molecular formula is C16H11IN2O. The van der Waals surface area contributed by atoms with E-state index in [1.807, 2.05) is 36.4 Å². The molecule has 0 unspecified atom stereocenters. The number of hydrogen-bond donors (Lipinski definition) is 0. The minimum absolute atomic E-state index is 0.0961. The van der Waals surface area contributed by atoms with Gasteiger partial charge in [0.25, 0.3) is 0 Å². The summed E-state index contributed by atoms with van der Waals surface area (Å²) in [5, 5.41) is 0. The highest BCUT2D eigenvalue weighted by atomic mass is 127. The minimum Gasteiger partial charge on any atom is -0.294 e. The topological polar surface area (TPSA) is 42.9 Å². The lowest BCUT2D eigenvalue weighted by Gasteiger charge is -2.03. The summed E-state index contributed by atoms with van der Waals surface area (Å²) in [5.74, 6) is 0.0961. The van der Waals surface area contributed by atoms with Crippen molar-refractivity contribution in [3.63, 3.8) is 0 Å². The molecule has 1 heterocycles. The van der Waals surface area contributed by atoms with Crippen molar-refractivity contribution in [2.24, 2.45) is 0 Å². The Morgan fingerprint density at radius 1 is 0.950 bits per heavy atom. The number of halogens is 1. The van der Waals surface area contributed by atoms with E-state index in [9.17, 15) is 4.79 Å². The zero-order chi connectivity index (χ0) is 13.9. The molecule has 0 aliphatic carbocycles. The third kappa shape index (κ3) is 2.85. The summed E-state index contributed by atoms with van der Waals surface area (Å²) in [6.45, 7) is 0. The number of aromatic nitrogens is 2. The van der Waals surface area contributed by atoms with Crippen molar-refractivity contribution in [1.29, 1.82) is 0 Å². The largest absolute Gasteiger partial charge is 0.294 e. The van der Waals surface area contributed by atoms with Crippen LogP contribution in [0.2, 0.25) is 0 Å². The van der Waals surface area contributed by atoms with Crippen LogP contribution in [0.15, 0.2) is 54.9 Å². The Labute approximate surface area is 130 Å². The van der Waals surface area contributed by atoms with Crippen LogP contribution in [0, 0.1) is 3.57 Å². The van der Waals surface area contributed by atoms with Crippen molar-refractivity contribution in [2.75, 3.05) is 0 Å². The van der Waals surface area contributed by atoms with Gasteiger partial charge in [-0.25, -0.2) is 0 Å². The first-order chi connectivity index (χ1) is 9.72. The highest BCUT2D eigenvalue weighted by Gasteiger charge is 2.08. The van der Waals surface area contributed by atoms with E-state index in [1.54, 1.807) is 18.5 Å². The molecule has 3 rings (SSSR count). The number of carbonyl (C=O) groups is 1. The van der Waals surface area contributed by atoms with Gasteiger partial charge in [0.1, 0.15) is 0 Å². The highest BCUT2D eigenvalue weighted by molar-refractivity contribution is 14.1. The Balaban J connectivity index is 1.86. The molecule has 0 aliphatic heterocycles. The Kier molecular flexibility index (Phi) is 3.73. The van der Waals surface area contributed by atoms with Crippen LogP contribution in [0.5, 0.6) is 0 Å². The van der Waals surface area contributed by atoms with Crippen LogP contribution in [0.25, 0.3) is 11.0 Å². The quantitative estimate of drug-likeness (QED) is 0.519. The highest BCUT2D eigenvalue weighted by Crippen LogP contribution is 2.14. The first-order valence-corrected chi connectivity index (χ1v) is 7.29. The number of ketones is 1. The van der Waals surface area contributed by atoms with Gasteiger partial charge in [0.15, 0.2) is 5.78 Å². The standard InChI is InChI=1S/C16H11IN2O/c17-13-4-1-11(2-5-13)9-16(20)12-3-6-14-15(10-12)19-8-7-18-14/h1-8,10H,9H2. The zero-order valence-corrected chi connectivity index (χ0v) is 12.7. The Morgan fingerprint density at radius 2 is 1.65 bits per heavy atom. The molecule has 4 heteroatoms. The van der Waals surface area contributed by atoms with E-state index < -0.39 is 0 Å². The number of nitrogens with zero attached hydrogens (tertiary/aromatic N) is 2. The molecule has 3 nitrogen and oxygen atoms in total. The van der Waals surface area contributed by atoms with Gasteiger partial charge in [-0.2, -0.15) is 0 Å². The van der Waals surface area contributed by atoms with Crippen molar-refractivity contribution in [1.82, 2.24) is 9.97 Å². The first kappa shape index (κ1) is 13.2. The molecule has 0 saturated carbocycles. The lowest BCUT2D eigenvalue weighted by Crippen LogP contribution is -2.03. The third-order valence-electron chi connectivity index (χ3n) is 3.07. The number of benzene rings is 2. The minimum atomic E-state index is 0.0961. The maximum atomic E-state index is 12.3. The van der Waals surface area contributed by atoms with Gasteiger partial charge < -0.3 is 0 Å². The number of fused-ring (bicyclic) bond motifs is 1. The molecule has 0 aliphatic rings. The van der Waals surface area contributed by atoms with Crippen LogP contribution < -0.4 is 0 Å². The monoisotopic (exact) mass is 374 g/mol. The van der Waals surface area contributed by atoms with E-state index in [2.05, 4.69) is 32.6 Å². The molecular weight excluding hydrogens is 363 g/mol. The van der Waals surface area contributed by atoms with E-state index in [0.717, 1.165) is 16.6 Å². The fraction of sp³-hybridized carbons (Fsp3) is 0.0625. The summed E-state index contributed by atoms with van der Waals surface area (Å²) in [4.78, 5) is 20.7. The summed E-state index contributed by atoms with van der Waals surface area (Å²) >= 11 is 2.25. The van der Waals surface area contributed by atoms with Crippen LogP contribution in [-0.4, -0.2) is 15.8 Å². The fourth-order valence-electron chi connectivity index (χ4n) is 2.03. The summed E-state index contributed by atoms with van der Waals surface area (Å²) in [6, 6.07) is 13.4. The molecule has 1 aromatic heterocycles. The molecule has 0 amide bonds. The molecule has 2 aromatic carbocycles. The molecule has 0 spiro atoms. The predicted molar refractivity (Wildman–Crippen MR) is 86.7 cm³/mol. The summed E-state index contributed by atoms with van der Waals surface area (Å²) in [5.41, 5.74) is 3.26.